The van der Waals surface area contributed by atoms with Gasteiger partial charge in [-0.3, -0.25) is 4.79 Å². The summed E-state index contributed by atoms with van der Waals surface area (Å²) < 4.78 is 6.85. The van der Waals surface area contributed by atoms with E-state index in [1.165, 1.54) is 37.0 Å². The Kier molecular flexibility index (Phi) is 10.1. The van der Waals surface area contributed by atoms with Gasteiger partial charge in [0.1, 0.15) is 11.8 Å². The van der Waals surface area contributed by atoms with Gasteiger partial charge >= 0.3 is 5.97 Å². The number of unbranched alkanes of at least 4 members (excludes halogenated alkanes) is 4. The van der Waals surface area contributed by atoms with E-state index in [1.807, 2.05) is 72.8 Å². The summed E-state index contributed by atoms with van der Waals surface area (Å²) in [6.07, 6.45) is 9.81. The average Bonchev–Trinajstić information content (AvgIpc) is 3.48. The fourth-order valence-electron chi connectivity index (χ4n) is 4.81. The lowest BCUT2D eigenvalue weighted by molar-refractivity contribution is -0.139. The molecular formula is C35H35N3O4S. The normalized spacial score (nSPS) is 11.7. The van der Waals surface area contributed by atoms with Crippen molar-refractivity contribution in [1.29, 1.82) is 0 Å². The second kappa shape index (κ2) is 14.6. The molecule has 3 aromatic carbocycles. The first-order valence-corrected chi connectivity index (χ1v) is 15.5. The molecule has 2 N–H and O–H groups in total. The number of hydrogen-bond acceptors (Lipinski definition) is 6. The number of thiophene rings is 1. The molecule has 0 saturated carbocycles. The highest BCUT2D eigenvalue weighted by atomic mass is 32.1. The molecule has 0 radical (unpaired) electrons. The smallest absolute Gasteiger partial charge is 0.326 e. The Morgan fingerprint density at radius 3 is 2.26 bits per heavy atom. The van der Waals surface area contributed by atoms with Gasteiger partial charge in [0, 0.05) is 34.6 Å². The number of fused-ring (bicyclic) bond motifs is 1. The van der Waals surface area contributed by atoms with Crippen LogP contribution in [0, 0.1) is 0 Å². The number of nitrogens with one attached hydrogen (secondary N) is 1. The molecule has 0 bridgehead atoms. The Morgan fingerprint density at radius 1 is 0.860 bits per heavy atom. The van der Waals surface area contributed by atoms with Gasteiger partial charge in [-0.15, -0.1) is 11.3 Å². The number of aliphatic carboxylic acids is 1. The van der Waals surface area contributed by atoms with Crippen molar-refractivity contribution >= 4 is 33.3 Å². The number of ether oxygens (including phenoxy) is 1. The number of carboxylic acid groups (broad SMARTS) is 1. The van der Waals surface area contributed by atoms with Crippen LogP contribution in [0.2, 0.25) is 0 Å². The maximum atomic E-state index is 12.8. The largest absolute Gasteiger partial charge is 0.494 e. The van der Waals surface area contributed by atoms with E-state index in [0.717, 1.165) is 51.1 Å². The molecule has 5 rings (SSSR count). The van der Waals surface area contributed by atoms with Gasteiger partial charge in [-0.05, 0) is 47.2 Å². The molecule has 0 unspecified atom stereocenters. The van der Waals surface area contributed by atoms with Crippen molar-refractivity contribution in [2.45, 2.75) is 51.5 Å². The van der Waals surface area contributed by atoms with Crippen LogP contribution in [0.4, 0.5) is 0 Å². The van der Waals surface area contributed by atoms with Crippen LogP contribution in [0.1, 0.15) is 54.3 Å². The number of amides is 1. The summed E-state index contributed by atoms with van der Waals surface area (Å²) >= 11 is 1.35. The quantitative estimate of drug-likeness (QED) is 0.127. The molecule has 0 spiro atoms. The SMILES string of the molecule is CCCCCCCOc1ccc(-c2cnc(-c3ccc(C[C@H](NC(=O)c4cc5ccccc5s4)C(=O)O)cc3)nc2)cc1. The molecule has 5 aromatic rings. The van der Waals surface area contributed by atoms with Gasteiger partial charge in [0.25, 0.3) is 5.91 Å². The molecule has 0 aliphatic heterocycles. The minimum atomic E-state index is -1.08. The molecule has 2 heterocycles. The van der Waals surface area contributed by atoms with E-state index in [9.17, 15) is 14.7 Å². The first-order valence-electron chi connectivity index (χ1n) is 14.7. The molecule has 1 amide bonds. The van der Waals surface area contributed by atoms with E-state index in [0.29, 0.717) is 10.7 Å². The average molecular weight is 594 g/mol. The summed E-state index contributed by atoms with van der Waals surface area (Å²) in [6, 6.07) is 23.8. The van der Waals surface area contributed by atoms with Gasteiger partial charge in [-0.1, -0.05) is 87.2 Å². The highest BCUT2D eigenvalue weighted by molar-refractivity contribution is 7.20. The topological polar surface area (TPSA) is 101 Å². The van der Waals surface area contributed by atoms with Gasteiger partial charge in [0.2, 0.25) is 0 Å². The van der Waals surface area contributed by atoms with Crippen LogP contribution < -0.4 is 10.1 Å². The van der Waals surface area contributed by atoms with Gasteiger partial charge in [0.05, 0.1) is 11.5 Å². The Balaban J connectivity index is 1.16. The van der Waals surface area contributed by atoms with E-state index in [2.05, 4.69) is 22.2 Å². The fourth-order valence-corrected chi connectivity index (χ4v) is 5.78. The predicted octanol–water partition coefficient (Wildman–Crippen LogP) is 7.80. The maximum Gasteiger partial charge on any atom is 0.326 e. The maximum absolute atomic E-state index is 12.8. The van der Waals surface area contributed by atoms with E-state index < -0.39 is 17.9 Å². The molecule has 7 nitrogen and oxygen atoms in total. The van der Waals surface area contributed by atoms with Crippen LogP contribution in [-0.2, 0) is 11.2 Å². The fraction of sp³-hybridized carbons (Fsp3) is 0.257. The van der Waals surface area contributed by atoms with Crippen molar-refractivity contribution in [2.75, 3.05) is 6.61 Å². The summed E-state index contributed by atoms with van der Waals surface area (Å²) in [4.78, 5) is 34.3. The third-order valence-electron chi connectivity index (χ3n) is 7.26. The zero-order chi connectivity index (χ0) is 30.0. The lowest BCUT2D eigenvalue weighted by atomic mass is 10.0. The van der Waals surface area contributed by atoms with Crippen LogP contribution in [0.25, 0.3) is 32.6 Å². The molecule has 43 heavy (non-hydrogen) atoms. The van der Waals surface area contributed by atoms with Crippen molar-refractivity contribution in [3.8, 4) is 28.3 Å². The van der Waals surface area contributed by atoms with E-state index in [4.69, 9.17) is 4.74 Å². The highest BCUT2D eigenvalue weighted by Crippen LogP contribution is 2.26. The Labute approximate surface area is 255 Å². The van der Waals surface area contributed by atoms with E-state index >= 15 is 0 Å². The van der Waals surface area contributed by atoms with Crippen LogP contribution >= 0.6 is 11.3 Å². The number of carboxylic acids is 1. The van der Waals surface area contributed by atoms with Gasteiger partial charge < -0.3 is 15.2 Å². The van der Waals surface area contributed by atoms with Crippen molar-refractivity contribution < 1.29 is 19.4 Å². The van der Waals surface area contributed by atoms with Crippen LogP contribution in [0.5, 0.6) is 5.75 Å². The summed E-state index contributed by atoms with van der Waals surface area (Å²) in [5.41, 5.74) is 3.52. The Morgan fingerprint density at radius 2 is 1.56 bits per heavy atom. The zero-order valence-electron chi connectivity index (χ0n) is 24.2. The number of rotatable bonds is 14. The number of carbonyl (C=O) groups is 2. The number of carbonyl (C=O) groups excluding carboxylic acids is 1. The highest BCUT2D eigenvalue weighted by Gasteiger charge is 2.22. The van der Waals surface area contributed by atoms with Crippen LogP contribution in [0.3, 0.4) is 0 Å². The molecule has 2 aromatic heterocycles. The minimum absolute atomic E-state index is 0.157. The monoisotopic (exact) mass is 593 g/mol. The molecule has 220 valence electrons. The molecule has 0 saturated heterocycles. The molecular weight excluding hydrogens is 558 g/mol. The zero-order valence-corrected chi connectivity index (χ0v) is 25.0. The van der Waals surface area contributed by atoms with Crippen molar-refractivity contribution in [3.63, 3.8) is 0 Å². The standard InChI is InChI=1S/C35H35N3O4S/c1-2-3-4-5-8-19-42-29-17-15-25(16-18-29)28-22-36-33(37-23-28)26-13-11-24(12-14-26)20-30(35(40)41)38-34(39)32-21-27-9-6-7-10-31(27)43-32/h6-7,9-18,21-23,30H,2-5,8,19-20H2,1H3,(H,38,39)(H,40,41)/t30-/m0/s1. The minimum Gasteiger partial charge on any atom is -0.494 e. The second-order valence-corrected chi connectivity index (χ2v) is 11.6. The number of aromatic nitrogens is 2. The van der Waals surface area contributed by atoms with Crippen LogP contribution in [0.15, 0.2) is 91.3 Å². The summed E-state index contributed by atoms with van der Waals surface area (Å²) in [5, 5.41) is 13.4. The second-order valence-electron chi connectivity index (χ2n) is 10.5. The molecule has 0 aliphatic carbocycles. The lowest BCUT2D eigenvalue weighted by Crippen LogP contribution is -2.42. The van der Waals surface area contributed by atoms with Crippen LogP contribution in [-0.4, -0.2) is 39.6 Å². The van der Waals surface area contributed by atoms with Gasteiger partial charge in [-0.25, -0.2) is 14.8 Å². The Hall–Kier alpha value is -4.56. The van der Waals surface area contributed by atoms with E-state index in [1.54, 1.807) is 18.5 Å². The molecule has 0 aliphatic rings. The molecule has 1 atom stereocenters. The number of hydrogen-bond donors (Lipinski definition) is 2. The number of nitrogens with zero attached hydrogens (tertiary/aromatic N) is 2. The molecule has 8 heteroatoms. The Bertz CT molecular complexity index is 1610. The van der Waals surface area contributed by atoms with E-state index in [-0.39, 0.29) is 6.42 Å². The summed E-state index contributed by atoms with van der Waals surface area (Å²) in [6.45, 7) is 2.95. The van der Waals surface area contributed by atoms with Crippen molar-refractivity contribution in [2.24, 2.45) is 0 Å². The first kappa shape index (κ1) is 29.9. The third kappa shape index (κ3) is 8.05. The summed E-state index contributed by atoms with van der Waals surface area (Å²) in [7, 11) is 0. The predicted molar refractivity (Wildman–Crippen MR) is 172 cm³/mol. The summed E-state index contributed by atoms with van der Waals surface area (Å²) in [5.74, 6) is -0.0361. The third-order valence-corrected chi connectivity index (χ3v) is 8.38. The van der Waals surface area contributed by atoms with Crippen molar-refractivity contribution in [1.82, 2.24) is 15.3 Å². The molecule has 0 fully saturated rings. The van der Waals surface area contributed by atoms with Crippen molar-refractivity contribution in [3.05, 3.63) is 102 Å². The van der Waals surface area contributed by atoms with Gasteiger partial charge in [-0.2, -0.15) is 0 Å². The van der Waals surface area contributed by atoms with Gasteiger partial charge in [0.15, 0.2) is 5.82 Å². The first-order chi connectivity index (χ1) is 21.0. The lowest BCUT2D eigenvalue weighted by Gasteiger charge is -2.14. The number of benzene rings is 3.